The van der Waals surface area contributed by atoms with Gasteiger partial charge in [-0.15, -0.1) is 23.2 Å². The molecule has 5 nitrogen and oxygen atoms in total. The van der Waals surface area contributed by atoms with Crippen molar-refractivity contribution in [3.8, 4) is 23.0 Å². The maximum Gasteiger partial charge on any atom is 0.161 e. The molecule has 2 unspecified atom stereocenters. The normalized spacial score (nSPS) is 20.9. The molecule has 0 N–H and O–H groups in total. The van der Waals surface area contributed by atoms with Crippen molar-refractivity contribution >= 4 is 29.0 Å². The Hall–Kier alpha value is -3.15. The Kier molecular flexibility index (Phi) is 11.6. The highest BCUT2D eigenvalue weighted by Gasteiger charge is 2.38. The molecule has 42 heavy (non-hydrogen) atoms. The summed E-state index contributed by atoms with van der Waals surface area (Å²) in [5.74, 6) is 3.86. The lowest BCUT2D eigenvalue weighted by Crippen LogP contribution is -2.33. The first-order valence-electron chi connectivity index (χ1n) is 14.4. The molecular formula is C35H40Cl2O5. The zero-order valence-electron chi connectivity index (χ0n) is 24.5. The average molecular weight is 612 g/mol. The van der Waals surface area contributed by atoms with Crippen molar-refractivity contribution in [3.63, 3.8) is 0 Å². The van der Waals surface area contributed by atoms with Gasteiger partial charge in [-0.05, 0) is 61.1 Å². The number of rotatable bonds is 16. The van der Waals surface area contributed by atoms with Crippen LogP contribution in [0.4, 0.5) is 0 Å². The summed E-state index contributed by atoms with van der Waals surface area (Å²) < 4.78 is 23.2. The number of hydrogen-bond acceptors (Lipinski definition) is 5. The van der Waals surface area contributed by atoms with E-state index in [1.807, 2.05) is 60.7 Å². The van der Waals surface area contributed by atoms with Crippen molar-refractivity contribution in [3.05, 3.63) is 96.1 Å². The number of methoxy groups -OCH3 is 2. The zero-order chi connectivity index (χ0) is 29.8. The molecule has 0 spiro atoms. The molecule has 2 aliphatic rings. The number of Topliss-reactive ketones (excluding diaryl/α,β-unsaturated/α-hetero) is 1. The highest BCUT2D eigenvalue weighted by molar-refractivity contribution is 6.18. The summed E-state index contributed by atoms with van der Waals surface area (Å²) in [5, 5.41) is 0. The molecule has 7 heteroatoms. The SMILES string of the molecule is COc1ccc(C2(CC(=O)CC3(c4ccc(OC)c(OCCCCl)c4)C=CC=CC3)C=CC=CC2)cc1OCCCCl. The van der Waals surface area contributed by atoms with Crippen LogP contribution in [0.2, 0.25) is 0 Å². The van der Waals surface area contributed by atoms with Crippen LogP contribution in [0.3, 0.4) is 0 Å². The third-order valence-corrected chi connectivity index (χ3v) is 8.40. The Balaban J connectivity index is 1.63. The van der Waals surface area contributed by atoms with Crippen LogP contribution in [-0.2, 0) is 15.6 Å². The van der Waals surface area contributed by atoms with Crippen LogP contribution < -0.4 is 18.9 Å². The van der Waals surface area contributed by atoms with E-state index < -0.39 is 10.8 Å². The van der Waals surface area contributed by atoms with Gasteiger partial charge < -0.3 is 18.9 Å². The van der Waals surface area contributed by atoms with Gasteiger partial charge in [-0.25, -0.2) is 0 Å². The molecule has 2 atom stereocenters. The fraction of sp³-hybridized carbons (Fsp3) is 0.400. The molecule has 2 aromatic carbocycles. The van der Waals surface area contributed by atoms with Crippen molar-refractivity contribution in [1.82, 2.24) is 0 Å². The maximum atomic E-state index is 14.1. The van der Waals surface area contributed by atoms with Crippen LogP contribution in [0, 0.1) is 0 Å². The van der Waals surface area contributed by atoms with Crippen LogP contribution in [0.1, 0.15) is 49.7 Å². The molecule has 0 heterocycles. The van der Waals surface area contributed by atoms with Crippen molar-refractivity contribution in [2.24, 2.45) is 0 Å². The predicted molar refractivity (Wildman–Crippen MR) is 171 cm³/mol. The maximum absolute atomic E-state index is 14.1. The Morgan fingerprint density at radius 3 is 1.50 bits per heavy atom. The summed E-state index contributed by atoms with van der Waals surface area (Å²) in [6, 6.07) is 11.9. The van der Waals surface area contributed by atoms with E-state index in [0.717, 1.165) is 24.0 Å². The molecule has 0 saturated carbocycles. The van der Waals surface area contributed by atoms with Crippen LogP contribution in [0.15, 0.2) is 85.0 Å². The summed E-state index contributed by atoms with van der Waals surface area (Å²) in [4.78, 5) is 14.1. The summed E-state index contributed by atoms with van der Waals surface area (Å²) >= 11 is 11.7. The first-order valence-corrected chi connectivity index (χ1v) is 15.5. The van der Waals surface area contributed by atoms with Crippen molar-refractivity contribution in [1.29, 1.82) is 0 Å². The van der Waals surface area contributed by atoms with Gasteiger partial charge in [-0.1, -0.05) is 60.7 Å². The lowest BCUT2D eigenvalue weighted by Gasteiger charge is -2.35. The number of ketones is 1. The molecule has 0 bridgehead atoms. The van der Waals surface area contributed by atoms with E-state index in [1.165, 1.54) is 0 Å². The number of carbonyl (C=O) groups excluding carboxylic acids is 1. The van der Waals surface area contributed by atoms with Crippen molar-refractivity contribution < 1.29 is 23.7 Å². The Labute approximate surface area is 259 Å². The number of ether oxygens (including phenoxy) is 4. The first kappa shape index (κ1) is 31.8. The molecule has 0 aromatic heterocycles. The Morgan fingerprint density at radius 2 is 1.14 bits per heavy atom. The largest absolute Gasteiger partial charge is 0.493 e. The molecule has 224 valence electrons. The van der Waals surface area contributed by atoms with E-state index >= 15 is 0 Å². The van der Waals surface area contributed by atoms with Gasteiger partial charge in [0.2, 0.25) is 0 Å². The lowest BCUT2D eigenvalue weighted by atomic mass is 9.67. The minimum Gasteiger partial charge on any atom is -0.493 e. The molecule has 0 saturated heterocycles. The third kappa shape index (κ3) is 7.62. The summed E-state index contributed by atoms with van der Waals surface area (Å²) in [6.07, 6.45) is 20.3. The molecule has 0 aliphatic heterocycles. The molecule has 4 rings (SSSR count). The third-order valence-electron chi connectivity index (χ3n) is 7.86. The lowest BCUT2D eigenvalue weighted by molar-refractivity contribution is -0.120. The van der Waals surface area contributed by atoms with Crippen molar-refractivity contribution in [2.75, 3.05) is 39.2 Å². The fourth-order valence-corrected chi connectivity index (χ4v) is 5.88. The number of carbonyl (C=O) groups is 1. The fourth-order valence-electron chi connectivity index (χ4n) is 5.66. The highest BCUT2D eigenvalue weighted by Crippen LogP contribution is 2.44. The van der Waals surface area contributed by atoms with Crippen LogP contribution in [0.5, 0.6) is 23.0 Å². The number of alkyl halides is 2. The molecular weight excluding hydrogens is 571 g/mol. The van der Waals surface area contributed by atoms with E-state index in [4.69, 9.17) is 42.1 Å². The monoisotopic (exact) mass is 610 g/mol. The smallest absolute Gasteiger partial charge is 0.161 e. The van der Waals surface area contributed by atoms with Crippen LogP contribution >= 0.6 is 23.2 Å². The van der Waals surface area contributed by atoms with Gasteiger partial charge in [0.05, 0.1) is 27.4 Å². The summed E-state index contributed by atoms with van der Waals surface area (Å²) in [7, 11) is 3.26. The van der Waals surface area contributed by atoms with E-state index in [2.05, 4.69) is 24.3 Å². The summed E-state index contributed by atoms with van der Waals surface area (Å²) in [5.41, 5.74) is 1.05. The van der Waals surface area contributed by atoms with E-state index in [1.54, 1.807) is 14.2 Å². The average Bonchev–Trinajstić information content (AvgIpc) is 3.02. The second kappa shape index (κ2) is 15.4. The van der Waals surface area contributed by atoms with Gasteiger partial charge in [0, 0.05) is 35.4 Å². The van der Waals surface area contributed by atoms with Gasteiger partial charge >= 0.3 is 0 Å². The Bertz CT molecular complexity index is 1230. The topological polar surface area (TPSA) is 54.0 Å². The van der Waals surface area contributed by atoms with E-state index in [0.29, 0.717) is 73.7 Å². The van der Waals surface area contributed by atoms with Gasteiger partial charge in [0.25, 0.3) is 0 Å². The predicted octanol–water partition coefficient (Wildman–Crippen LogP) is 8.28. The van der Waals surface area contributed by atoms with Gasteiger partial charge in [-0.3, -0.25) is 4.79 Å². The molecule has 0 radical (unpaired) electrons. The number of hydrogen-bond donors (Lipinski definition) is 0. The molecule has 0 fully saturated rings. The van der Waals surface area contributed by atoms with E-state index in [-0.39, 0.29) is 5.78 Å². The molecule has 2 aromatic rings. The highest BCUT2D eigenvalue weighted by atomic mass is 35.5. The minimum absolute atomic E-state index is 0.177. The standard InChI is InChI=1S/C35H40Cl2O5/c1-39-30-13-11-27(23-32(30)41-21-9-19-36)34(15-5-3-6-16-34)25-29(38)26-35(17-7-4-8-18-35)28-12-14-31(40-2)33(24-28)42-22-10-20-37/h3-8,11-15,17,23-24H,9-10,16,18-22,25-26H2,1-2H3. The van der Waals surface area contributed by atoms with Crippen LogP contribution in [0.25, 0.3) is 0 Å². The Morgan fingerprint density at radius 1 is 0.690 bits per heavy atom. The van der Waals surface area contributed by atoms with E-state index in [9.17, 15) is 4.79 Å². The second-order valence-electron chi connectivity index (χ2n) is 10.7. The van der Waals surface area contributed by atoms with Gasteiger partial charge in [0.15, 0.2) is 23.0 Å². The number of halogens is 2. The quantitative estimate of drug-likeness (QED) is 0.141. The van der Waals surface area contributed by atoms with Crippen molar-refractivity contribution in [2.45, 2.75) is 49.4 Å². The first-order chi connectivity index (χ1) is 20.5. The second-order valence-corrected chi connectivity index (χ2v) is 11.5. The molecule has 2 aliphatic carbocycles. The minimum atomic E-state index is -0.492. The van der Waals surface area contributed by atoms with Gasteiger partial charge in [0.1, 0.15) is 5.78 Å². The number of benzene rings is 2. The van der Waals surface area contributed by atoms with Crippen LogP contribution in [-0.4, -0.2) is 45.0 Å². The van der Waals surface area contributed by atoms with Gasteiger partial charge in [-0.2, -0.15) is 0 Å². The number of allylic oxidation sites excluding steroid dienone is 8. The summed E-state index contributed by atoms with van der Waals surface area (Å²) in [6.45, 7) is 0.986. The molecule has 0 amide bonds. The zero-order valence-corrected chi connectivity index (χ0v) is 26.0.